The molecular formula is C130H141F2Ir4N9O2-4. The topological polar surface area (TPSA) is 129 Å². The van der Waals surface area contributed by atoms with Crippen LogP contribution in [0.5, 0.6) is 0 Å². The van der Waals surface area contributed by atoms with Gasteiger partial charge in [0.15, 0.2) is 0 Å². The Morgan fingerprint density at radius 1 is 0.381 bits per heavy atom. The summed E-state index contributed by atoms with van der Waals surface area (Å²) >= 11 is 0. The number of nitrogens with zero attached hydrogens (tertiary/aromatic N) is 9. The van der Waals surface area contributed by atoms with Crippen molar-refractivity contribution in [1.82, 2.24) is 43.8 Å². The van der Waals surface area contributed by atoms with E-state index < -0.39 is 17.6 Å². The van der Waals surface area contributed by atoms with E-state index in [9.17, 15) is 13.6 Å². The molecular weight excluding hydrogens is 2530 g/mol. The van der Waals surface area contributed by atoms with Crippen LogP contribution in [0.2, 0.25) is 0 Å². The first-order valence-electron chi connectivity index (χ1n) is 50.3. The number of aryl methyl sites for hydroxylation is 7. The summed E-state index contributed by atoms with van der Waals surface area (Å²) in [5.74, 6) is 1.33. The van der Waals surface area contributed by atoms with Crippen molar-refractivity contribution in [2.75, 3.05) is 0 Å². The zero-order chi connectivity index (χ0) is 103. The largest absolute Gasteiger partial charge is 0.477 e. The average Bonchev–Trinajstić information content (AvgIpc) is 1.59. The average molecular weight is 2670 g/mol. The Kier molecular flexibility index (Phi) is 42.1. The number of aromatic carboxylic acids is 1. The molecule has 0 saturated carbocycles. The van der Waals surface area contributed by atoms with Crippen LogP contribution in [0.15, 0.2) is 298 Å². The summed E-state index contributed by atoms with van der Waals surface area (Å²) in [6.07, 6.45) is 18.3. The number of rotatable bonds is 22. The van der Waals surface area contributed by atoms with Gasteiger partial charge in [-0.2, -0.15) is 5.10 Å². The van der Waals surface area contributed by atoms with Crippen LogP contribution in [0.4, 0.5) is 8.78 Å². The second-order valence-corrected chi connectivity index (χ2v) is 43.4. The summed E-state index contributed by atoms with van der Waals surface area (Å²) < 4.78 is 32.3. The maximum absolute atomic E-state index is 13.2. The molecule has 0 aliphatic carbocycles. The molecule has 4 radical (unpaired) electrons. The van der Waals surface area contributed by atoms with Crippen molar-refractivity contribution in [3.05, 3.63) is 407 Å². The number of unbranched alkanes of at least 4 members (excludes halogenated alkanes) is 3. The Morgan fingerprint density at radius 2 is 0.816 bits per heavy atom. The second kappa shape index (κ2) is 52.0. The maximum atomic E-state index is 13.2. The number of carbonyl (C=O) groups is 1. The SMILES string of the molecule is CCC(C)(C)c1cnc(-c2[c-]ccc(-c3cc(-c4ccc(C(C)(C)C)cc4)cc(-c4ccc(C(C)(C)C)cc4)c3)c2)n1-c1c(C)cc(C(C)(C)C)cc1C.CCCCCCc1cc(C)c(-n2ccnc2-c2[c-]cccc2)c(C)c1.CCCc1nc(-c2[c-]ccc(-c3cc(-c4ccc(C(C)(C)C)cc4)cc(-c4ccc(C(C)(C)C)cc4)c3)c2)n(C)n1.Fc1c[c-]c(-c2ccccn2)c(F)c1.O=C(O)c1ccccn1.[Ir].[Ir].[Ir].[Ir]. The molecule has 0 unspecified atom stereocenters. The number of hydrogen-bond acceptors (Lipinski definition) is 7. The number of carboxylic acid groups (broad SMARTS) is 1. The zero-order valence-corrected chi connectivity index (χ0v) is 99.5. The summed E-state index contributed by atoms with van der Waals surface area (Å²) in [7, 11) is 1.96. The van der Waals surface area contributed by atoms with Crippen LogP contribution in [0.1, 0.15) is 255 Å². The number of aromatic nitrogens is 9. The Hall–Kier alpha value is -11.6. The Morgan fingerprint density at radius 3 is 1.21 bits per heavy atom. The predicted molar refractivity (Wildman–Crippen MR) is 591 cm³/mol. The molecule has 17 heteroatoms. The molecule has 5 heterocycles. The van der Waals surface area contributed by atoms with Gasteiger partial charge in [0.05, 0.1) is 17.5 Å². The summed E-state index contributed by atoms with van der Waals surface area (Å²) in [5, 5.41) is 12.9. The van der Waals surface area contributed by atoms with Crippen LogP contribution in [-0.4, -0.2) is 54.9 Å². The van der Waals surface area contributed by atoms with E-state index in [-0.39, 0.29) is 124 Å². The van der Waals surface area contributed by atoms with E-state index in [0.29, 0.717) is 5.69 Å². The molecule has 0 fully saturated rings. The number of benzene rings is 12. The molecule has 0 aliphatic rings. The third-order valence-electron chi connectivity index (χ3n) is 26.5. The van der Waals surface area contributed by atoms with Crippen molar-refractivity contribution in [1.29, 1.82) is 0 Å². The van der Waals surface area contributed by atoms with Crippen LogP contribution >= 0.6 is 0 Å². The zero-order valence-electron chi connectivity index (χ0n) is 89.9. The van der Waals surface area contributed by atoms with E-state index in [4.69, 9.17) is 15.1 Å². The molecule has 0 spiro atoms. The van der Waals surface area contributed by atoms with Gasteiger partial charge in [-0.25, -0.2) is 9.78 Å². The third kappa shape index (κ3) is 30.9. The van der Waals surface area contributed by atoms with Gasteiger partial charge in [0.1, 0.15) is 11.5 Å². The van der Waals surface area contributed by atoms with E-state index in [2.05, 4.69) is 420 Å². The van der Waals surface area contributed by atoms with E-state index in [1.807, 2.05) is 48.4 Å². The molecule has 17 aromatic rings. The molecule has 0 saturated heterocycles. The van der Waals surface area contributed by atoms with Gasteiger partial charge in [-0.15, -0.1) is 119 Å². The molecule has 12 aromatic carbocycles. The molecule has 772 valence electrons. The number of halogens is 2. The molecule has 0 amide bonds. The standard InChI is InChI=1S/C52H61N2.C38H42N3.C23H27N2.C11H6F2N.C6H5NO2.4Ir/c1-15-52(13,14)46-33-53-48(54(46)47-34(2)27-45(28-35(47)3)51(10,11)12)39-18-16-17-38(29-39)42-31-40(36-19-23-43(24-20-36)49(4,5)6)30-41(32-42)37-21-25-44(26-22-37)50(7,8)9;1-9-11-35-39-36(41(8)40-35)29-13-10-12-28(22-29)32-24-30(26-14-18-33(19-15-26)37(2,3)4)23-31(25-32)27-16-20-34(21-17-27)38(5,6)7;1-4-5-6-8-11-20-16-18(2)22(19(3)17-20)25-15-14-24-23(25)21-12-9-7-10-13-21;12-8-4-5-9(10(13)7-8)11-3-1-2-6-14-11;8-6(9)5-3-1-2-4-7-5;;;;/h16-17,19-33H,15H2,1-14H3;10,12,14-25H,9,11H2,1-8H3;7,9-10,12,14-17H,4-6,8,11H2,1-3H3;1-4,6-7H;1-4H,(H,8,9);;;;/q4*-1;;;;;. The molecule has 0 atom stereocenters. The van der Waals surface area contributed by atoms with Gasteiger partial charge in [0.2, 0.25) is 0 Å². The molecule has 5 aromatic heterocycles. The number of imidazole rings is 2. The molecule has 0 bridgehead atoms. The Balaban J connectivity index is 0.000000226. The van der Waals surface area contributed by atoms with Crippen LogP contribution in [0.25, 0.3) is 124 Å². The summed E-state index contributed by atoms with van der Waals surface area (Å²) in [6, 6.07) is 105. The Labute approximate surface area is 928 Å². The van der Waals surface area contributed by atoms with Crippen LogP contribution in [0.3, 0.4) is 0 Å². The van der Waals surface area contributed by atoms with Crippen LogP contribution in [0, 0.1) is 63.6 Å². The minimum absolute atomic E-state index is 0. The van der Waals surface area contributed by atoms with Crippen molar-refractivity contribution in [3.8, 4) is 124 Å². The number of pyridine rings is 2. The predicted octanol–water partition coefficient (Wildman–Crippen LogP) is 34.0. The van der Waals surface area contributed by atoms with Gasteiger partial charge in [0.25, 0.3) is 0 Å². The molecule has 0 aliphatic heterocycles. The van der Waals surface area contributed by atoms with E-state index in [0.717, 1.165) is 82.5 Å². The van der Waals surface area contributed by atoms with Crippen molar-refractivity contribution < 1.29 is 99.1 Å². The molecule has 1 N–H and O–H groups in total. The molecule has 17 rings (SSSR count). The quantitative estimate of drug-likeness (QED) is 0.0525. The van der Waals surface area contributed by atoms with Gasteiger partial charge < -0.3 is 19.2 Å². The van der Waals surface area contributed by atoms with Gasteiger partial charge in [-0.1, -0.05) is 309 Å². The van der Waals surface area contributed by atoms with Gasteiger partial charge in [-0.05, 0) is 252 Å². The van der Waals surface area contributed by atoms with E-state index in [1.165, 1.54) is 173 Å². The fourth-order valence-corrected chi connectivity index (χ4v) is 17.8. The molecule has 147 heavy (non-hydrogen) atoms. The van der Waals surface area contributed by atoms with Gasteiger partial charge in [0, 0.05) is 159 Å². The van der Waals surface area contributed by atoms with Crippen molar-refractivity contribution in [2.45, 2.75) is 250 Å². The monoisotopic (exact) mass is 2670 g/mol. The van der Waals surface area contributed by atoms with E-state index >= 15 is 0 Å². The maximum Gasteiger partial charge on any atom is 0.354 e. The fourth-order valence-electron chi connectivity index (χ4n) is 17.8. The molecule has 11 nitrogen and oxygen atoms in total. The number of carboxylic acids is 1. The van der Waals surface area contributed by atoms with Crippen LogP contribution < -0.4 is 0 Å². The van der Waals surface area contributed by atoms with Crippen molar-refractivity contribution in [3.63, 3.8) is 0 Å². The van der Waals surface area contributed by atoms with Crippen LogP contribution in [-0.2, 0) is 133 Å². The van der Waals surface area contributed by atoms with E-state index in [1.54, 1.807) is 36.5 Å². The normalized spacial score (nSPS) is 11.4. The first-order chi connectivity index (χ1) is 67.9. The number of hydrogen-bond donors (Lipinski definition) is 1. The second-order valence-electron chi connectivity index (χ2n) is 43.4. The summed E-state index contributed by atoms with van der Waals surface area (Å²) in [6.45, 7) is 54.3. The minimum atomic E-state index is -0.990. The van der Waals surface area contributed by atoms with Gasteiger partial charge >= 0.3 is 5.97 Å². The Bertz CT molecular complexity index is 6980. The first-order valence-corrected chi connectivity index (χ1v) is 50.3. The fraction of sp³-hybridized carbons (Fsp3) is 0.300. The smallest absolute Gasteiger partial charge is 0.354 e. The van der Waals surface area contributed by atoms with Crippen molar-refractivity contribution in [2.24, 2.45) is 7.05 Å². The van der Waals surface area contributed by atoms with Crippen molar-refractivity contribution >= 4 is 5.97 Å². The minimum Gasteiger partial charge on any atom is -0.477 e. The van der Waals surface area contributed by atoms with Gasteiger partial charge in [-0.3, -0.25) is 28.4 Å². The third-order valence-corrected chi connectivity index (χ3v) is 26.5. The first kappa shape index (κ1) is 119. The summed E-state index contributed by atoms with van der Waals surface area (Å²) in [5.41, 5.74) is 35.4. The summed E-state index contributed by atoms with van der Waals surface area (Å²) in [4.78, 5) is 32.2.